The third-order valence-corrected chi connectivity index (χ3v) is 6.72. The average molecular weight is 432 g/mol. The maximum atomic E-state index is 13.5. The molecule has 0 spiro atoms. The van der Waals surface area contributed by atoms with Crippen molar-refractivity contribution in [1.29, 1.82) is 0 Å². The highest BCUT2D eigenvalue weighted by Gasteiger charge is 2.36. The van der Waals surface area contributed by atoms with Crippen LogP contribution in [-0.2, 0) is 21.4 Å². The largest absolute Gasteiger partial charge is 0.508 e. The van der Waals surface area contributed by atoms with E-state index in [2.05, 4.69) is 4.98 Å². The first kappa shape index (κ1) is 21.8. The van der Waals surface area contributed by atoms with Crippen LogP contribution in [0.25, 0.3) is 10.9 Å². The number of carbonyl (C=O) groups is 1. The molecule has 0 fully saturated rings. The lowest BCUT2D eigenvalue weighted by molar-refractivity contribution is -0.133. The Kier molecular flexibility index (Phi) is 6.45. The van der Waals surface area contributed by atoms with Crippen LogP contribution in [0.15, 0.2) is 59.6 Å². The maximum absolute atomic E-state index is 13.5. The number of fused-ring (bicyclic) bond motifs is 1. The molecule has 1 aromatic heterocycles. The van der Waals surface area contributed by atoms with Crippen molar-refractivity contribution in [1.82, 2.24) is 14.8 Å². The number of aromatic amines is 1. The fraction of sp³-hybridized carbons (Fsp3) is 0.286. The lowest BCUT2D eigenvalue weighted by atomic mass is 10.0. The van der Waals surface area contributed by atoms with Gasteiger partial charge >= 0.3 is 0 Å². The first-order chi connectivity index (χ1) is 14.2. The summed E-state index contributed by atoms with van der Waals surface area (Å²) in [5.74, 6) is -0.865. The Morgan fingerprint density at radius 2 is 1.83 bits per heavy atom. The van der Waals surface area contributed by atoms with E-state index in [9.17, 15) is 23.5 Å². The normalized spacial score (nSPS) is 13.1. The highest BCUT2D eigenvalue weighted by Crippen LogP contribution is 2.27. The molecule has 0 saturated carbocycles. The molecule has 4 N–H and O–H groups in total. The number of sulfonamides is 1. The quantitative estimate of drug-likeness (QED) is 0.323. The zero-order valence-corrected chi connectivity index (χ0v) is 17.6. The molecule has 9 heteroatoms. The Bertz CT molecular complexity index is 1120. The van der Waals surface area contributed by atoms with Gasteiger partial charge in [0.25, 0.3) is 5.91 Å². The number of aromatic nitrogens is 1. The number of rotatable bonds is 8. The molecule has 160 valence electrons. The number of aromatic hydroxyl groups is 1. The molecule has 1 heterocycles. The van der Waals surface area contributed by atoms with Gasteiger partial charge in [0.05, 0.1) is 4.90 Å². The molecular formula is C21H25N3O5S. The zero-order valence-electron chi connectivity index (χ0n) is 16.7. The molecule has 0 aliphatic rings. The molecule has 0 radical (unpaired) electrons. The van der Waals surface area contributed by atoms with E-state index in [4.69, 9.17) is 0 Å². The van der Waals surface area contributed by atoms with Crippen molar-refractivity contribution in [2.24, 2.45) is 5.92 Å². The van der Waals surface area contributed by atoms with E-state index in [1.165, 1.54) is 24.3 Å². The number of phenols is 1. The van der Waals surface area contributed by atoms with Crippen molar-refractivity contribution in [2.45, 2.75) is 37.8 Å². The topological polar surface area (TPSA) is 123 Å². The summed E-state index contributed by atoms with van der Waals surface area (Å²) in [6, 6.07) is 11.4. The summed E-state index contributed by atoms with van der Waals surface area (Å²) < 4.78 is 28.1. The third kappa shape index (κ3) is 4.64. The molecule has 0 bridgehead atoms. The molecule has 3 aromatic rings. The minimum absolute atomic E-state index is 0.00280. The van der Waals surface area contributed by atoms with Gasteiger partial charge in [-0.2, -0.15) is 4.31 Å². The molecule has 1 atom stereocenters. The van der Waals surface area contributed by atoms with Gasteiger partial charge < -0.3 is 10.1 Å². The van der Waals surface area contributed by atoms with Crippen LogP contribution in [-0.4, -0.2) is 40.0 Å². The van der Waals surface area contributed by atoms with E-state index in [1.807, 2.05) is 32.0 Å². The fourth-order valence-corrected chi connectivity index (χ4v) is 4.96. The van der Waals surface area contributed by atoms with Crippen LogP contribution in [0.3, 0.4) is 0 Å². The van der Waals surface area contributed by atoms with Crippen molar-refractivity contribution >= 4 is 26.8 Å². The zero-order chi connectivity index (χ0) is 21.9. The van der Waals surface area contributed by atoms with Gasteiger partial charge in [0.1, 0.15) is 11.8 Å². The Morgan fingerprint density at radius 1 is 1.13 bits per heavy atom. The summed E-state index contributed by atoms with van der Waals surface area (Å²) in [5, 5.41) is 19.7. The molecule has 0 aliphatic carbocycles. The summed E-state index contributed by atoms with van der Waals surface area (Å²) in [6.45, 7) is 3.68. The van der Waals surface area contributed by atoms with Crippen LogP contribution in [0.5, 0.6) is 5.75 Å². The van der Waals surface area contributed by atoms with Crippen molar-refractivity contribution in [3.05, 3.63) is 60.3 Å². The summed E-state index contributed by atoms with van der Waals surface area (Å²) in [5.41, 5.74) is 3.22. The second-order valence-corrected chi connectivity index (χ2v) is 9.46. The van der Waals surface area contributed by atoms with Gasteiger partial charge in [-0.3, -0.25) is 10.0 Å². The summed E-state index contributed by atoms with van der Waals surface area (Å²) >= 11 is 0. The van der Waals surface area contributed by atoms with Crippen LogP contribution in [0.4, 0.5) is 0 Å². The number of amides is 1. The van der Waals surface area contributed by atoms with Crippen molar-refractivity contribution in [3.8, 4) is 5.75 Å². The molecule has 8 nitrogen and oxygen atoms in total. The van der Waals surface area contributed by atoms with Crippen molar-refractivity contribution in [3.63, 3.8) is 0 Å². The number of phenolic OH excluding ortho intramolecular Hbond substituents is 1. The second kappa shape index (κ2) is 8.86. The lowest BCUT2D eigenvalue weighted by Gasteiger charge is -2.30. The van der Waals surface area contributed by atoms with E-state index in [-0.39, 0.29) is 29.5 Å². The summed E-state index contributed by atoms with van der Waals surface area (Å²) in [4.78, 5) is 15.5. The molecule has 30 heavy (non-hydrogen) atoms. The first-order valence-corrected chi connectivity index (χ1v) is 11.0. The van der Waals surface area contributed by atoms with Gasteiger partial charge in [-0.15, -0.1) is 0 Å². The summed E-state index contributed by atoms with van der Waals surface area (Å²) in [7, 11) is -4.11. The molecule has 2 aromatic carbocycles. The SMILES string of the molecule is CC(C)C[C@H](C(=O)NO)N(Cc1ccc2[nH]ccc2c1)S(=O)(=O)c1ccc(O)cc1. The minimum Gasteiger partial charge on any atom is -0.508 e. The highest BCUT2D eigenvalue weighted by atomic mass is 32.2. The van der Waals surface area contributed by atoms with E-state index in [1.54, 1.807) is 17.7 Å². The standard InChI is InChI=1S/C21H25N3O5S/c1-14(2)11-20(21(26)23-27)24(30(28,29)18-6-4-17(25)5-7-18)13-15-3-8-19-16(12-15)9-10-22-19/h3-10,12,14,20,22,25,27H,11,13H2,1-2H3,(H,23,26)/t20-/m1/s1. The fourth-order valence-electron chi connectivity index (χ4n) is 3.37. The van der Waals surface area contributed by atoms with Gasteiger partial charge in [-0.25, -0.2) is 13.9 Å². The van der Waals surface area contributed by atoms with Crippen LogP contribution in [0.2, 0.25) is 0 Å². The molecule has 3 rings (SSSR count). The van der Waals surface area contributed by atoms with Crippen LogP contribution < -0.4 is 5.48 Å². The van der Waals surface area contributed by atoms with E-state index < -0.39 is 22.0 Å². The predicted molar refractivity (Wildman–Crippen MR) is 112 cm³/mol. The van der Waals surface area contributed by atoms with E-state index in [0.29, 0.717) is 5.56 Å². The smallest absolute Gasteiger partial charge is 0.261 e. The maximum Gasteiger partial charge on any atom is 0.261 e. The number of nitrogens with zero attached hydrogens (tertiary/aromatic N) is 1. The first-order valence-electron chi connectivity index (χ1n) is 9.53. The third-order valence-electron chi connectivity index (χ3n) is 4.85. The highest BCUT2D eigenvalue weighted by molar-refractivity contribution is 7.89. The van der Waals surface area contributed by atoms with Crippen molar-refractivity contribution < 1.29 is 23.5 Å². The number of hydrogen-bond acceptors (Lipinski definition) is 5. The van der Waals surface area contributed by atoms with Gasteiger partial charge in [-0.05, 0) is 65.8 Å². The molecular weight excluding hydrogens is 406 g/mol. The van der Waals surface area contributed by atoms with Crippen LogP contribution in [0, 0.1) is 5.92 Å². The van der Waals surface area contributed by atoms with Crippen molar-refractivity contribution in [2.75, 3.05) is 0 Å². The molecule has 0 unspecified atom stereocenters. The Balaban J connectivity index is 2.08. The number of nitrogens with one attached hydrogen (secondary N) is 2. The Labute approximate surface area is 175 Å². The predicted octanol–water partition coefficient (Wildman–Crippen LogP) is 2.98. The Morgan fingerprint density at radius 3 is 2.47 bits per heavy atom. The molecule has 0 aliphatic heterocycles. The number of H-pyrrole nitrogens is 1. The monoisotopic (exact) mass is 431 g/mol. The van der Waals surface area contributed by atoms with Gasteiger partial charge in [0.2, 0.25) is 10.0 Å². The Hall–Kier alpha value is -2.88. The number of hydroxylamine groups is 1. The van der Waals surface area contributed by atoms with Gasteiger partial charge in [0, 0.05) is 18.3 Å². The van der Waals surface area contributed by atoms with Gasteiger partial charge in [0.15, 0.2) is 0 Å². The number of benzene rings is 2. The van der Waals surface area contributed by atoms with E-state index >= 15 is 0 Å². The van der Waals surface area contributed by atoms with Crippen LogP contribution in [0.1, 0.15) is 25.8 Å². The second-order valence-electron chi connectivity index (χ2n) is 7.56. The number of hydrogen-bond donors (Lipinski definition) is 4. The van der Waals surface area contributed by atoms with Gasteiger partial charge in [-0.1, -0.05) is 19.9 Å². The average Bonchev–Trinajstić information content (AvgIpc) is 3.18. The van der Waals surface area contributed by atoms with Crippen LogP contribution >= 0.6 is 0 Å². The minimum atomic E-state index is -4.11. The molecule has 1 amide bonds. The van der Waals surface area contributed by atoms with E-state index in [0.717, 1.165) is 15.2 Å². The lowest BCUT2D eigenvalue weighted by Crippen LogP contribution is -2.49. The number of carbonyl (C=O) groups excluding carboxylic acids is 1. The summed E-state index contributed by atoms with van der Waals surface area (Å²) in [6.07, 6.45) is 2.01. The molecule has 0 saturated heterocycles.